The highest BCUT2D eigenvalue weighted by Crippen LogP contribution is 2.29. The number of hydrogen-bond donors (Lipinski definition) is 0. The van der Waals surface area contributed by atoms with Gasteiger partial charge in [0, 0.05) is 37.8 Å². The lowest BCUT2D eigenvalue weighted by Crippen LogP contribution is -2.49. The van der Waals surface area contributed by atoms with Gasteiger partial charge in [-0.05, 0) is 35.7 Å². The molecular formula is C23H20N4OS. The lowest BCUT2D eigenvalue weighted by atomic mass is 10.1. The lowest BCUT2D eigenvalue weighted by Gasteiger charge is -2.35. The van der Waals surface area contributed by atoms with E-state index in [9.17, 15) is 4.79 Å². The molecule has 1 aromatic carbocycles. The van der Waals surface area contributed by atoms with Gasteiger partial charge in [0.25, 0.3) is 5.91 Å². The highest BCUT2D eigenvalue weighted by atomic mass is 32.1. The van der Waals surface area contributed by atoms with E-state index in [0.29, 0.717) is 13.1 Å². The number of amides is 1. The third kappa shape index (κ3) is 3.47. The van der Waals surface area contributed by atoms with E-state index in [1.807, 2.05) is 77.1 Å². The van der Waals surface area contributed by atoms with Crippen LogP contribution in [-0.2, 0) is 0 Å². The molecule has 5 rings (SSSR count). The Morgan fingerprint density at radius 2 is 1.76 bits per heavy atom. The second-order valence-electron chi connectivity index (χ2n) is 7.02. The normalized spacial score (nSPS) is 14.3. The Hall–Kier alpha value is -3.25. The van der Waals surface area contributed by atoms with Gasteiger partial charge in [-0.2, -0.15) is 0 Å². The molecule has 0 bridgehead atoms. The van der Waals surface area contributed by atoms with Crippen molar-refractivity contribution in [2.75, 3.05) is 31.1 Å². The first-order valence-corrected chi connectivity index (χ1v) is 10.6. The van der Waals surface area contributed by atoms with Crippen LogP contribution < -0.4 is 4.90 Å². The monoisotopic (exact) mass is 400 g/mol. The van der Waals surface area contributed by atoms with Crippen molar-refractivity contribution in [3.05, 3.63) is 77.8 Å². The summed E-state index contributed by atoms with van der Waals surface area (Å²) in [6, 6.07) is 19.8. The quantitative estimate of drug-likeness (QED) is 0.514. The number of thiophene rings is 1. The van der Waals surface area contributed by atoms with Gasteiger partial charge in [-0.25, -0.2) is 9.97 Å². The molecule has 4 heterocycles. The van der Waals surface area contributed by atoms with Gasteiger partial charge in [-0.1, -0.05) is 30.3 Å². The van der Waals surface area contributed by atoms with E-state index in [4.69, 9.17) is 4.98 Å². The van der Waals surface area contributed by atoms with Crippen LogP contribution >= 0.6 is 11.3 Å². The highest BCUT2D eigenvalue weighted by Gasteiger charge is 2.25. The number of rotatable bonds is 3. The first-order chi connectivity index (χ1) is 14.3. The highest BCUT2D eigenvalue weighted by molar-refractivity contribution is 7.13. The van der Waals surface area contributed by atoms with Crippen LogP contribution in [0.5, 0.6) is 0 Å². The Labute approximate surface area is 173 Å². The minimum absolute atomic E-state index is 0.0714. The maximum Gasteiger partial charge on any atom is 0.254 e. The Balaban J connectivity index is 1.44. The van der Waals surface area contributed by atoms with Crippen molar-refractivity contribution in [2.45, 2.75) is 0 Å². The third-order valence-corrected chi connectivity index (χ3v) is 6.15. The van der Waals surface area contributed by atoms with Gasteiger partial charge in [-0.15, -0.1) is 11.3 Å². The minimum Gasteiger partial charge on any atom is -0.353 e. The SMILES string of the molecule is O=C(c1cc(-c2cccs2)nc2ccccc12)N1CCN(c2ccccn2)CC1. The predicted molar refractivity (Wildman–Crippen MR) is 117 cm³/mol. The standard InChI is InChI=1S/C23H20N4OS/c28-23(27-13-11-26(12-14-27)22-9-3-4-10-24-22)18-16-20(21-8-5-15-29-21)25-19-7-2-1-6-17(18)19/h1-10,15-16H,11-14H2. The number of aromatic nitrogens is 2. The van der Waals surface area contributed by atoms with Gasteiger partial charge in [0.05, 0.1) is 21.7 Å². The second kappa shape index (κ2) is 7.64. The number of anilines is 1. The Morgan fingerprint density at radius 3 is 2.52 bits per heavy atom. The fourth-order valence-corrected chi connectivity index (χ4v) is 4.44. The van der Waals surface area contributed by atoms with Crippen molar-refractivity contribution in [3.63, 3.8) is 0 Å². The molecule has 1 aliphatic rings. The fourth-order valence-electron chi connectivity index (χ4n) is 3.75. The summed E-state index contributed by atoms with van der Waals surface area (Å²) in [4.78, 5) is 27.9. The number of carbonyl (C=O) groups excluding carboxylic acids is 1. The Bertz CT molecular complexity index is 1140. The number of nitrogens with zero attached hydrogens (tertiary/aromatic N) is 4. The number of piperazine rings is 1. The summed E-state index contributed by atoms with van der Waals surface area (Å²) in [5, 5.41) is 2.94. The van der Waals surface area contributed by atoms with Crippen molar-refractivity contribution in [1.29, 1.82) is 0 Å². The molecule has 0 atom stereocenters. The van der Waals surface area contributed by atoms with E-state index >= 15 is 0 Å². The van der Waals surface area contributed by atoms with Gasteiger partial charge >= 0.3 is 0 Å². The Morgan fingerprint density at radius 1 is 0.931 bits per heavy atom. The van der Waals surface area contributed by atoms with Crippen LogP contribution in [0, 0.1) is 0 Å². The molecular weight excluding hydrogens is 380 g/mol. The minimum atomic E-state index is 0.0714. The van der Waals surface area contributed by atoms with E-state index in [1.54, 1.807) is 11.3 Å². The molecule has 1 aliphatic heterocycles. The number of para-hydroxylation sites is 1. The molecule has 5 nitrogen and oxygen atoms in total. The molecule has 0 saturated carbocycles. The summed E-state index contributed by atoms with van der Waals surface area (Å²) < 4.78 is 0. The zero-order chi connectivity index (χ0) is 19.6. The molecule has 0 radical (unpaired) electrons. The maximum absolute atomic E-state index is 13.4. The van der Waals surface area contributed by atoms with E-state index in [0.717, 1.165) is 45.9 Å². The first kappa shape index (κ1) is 17.8. The first-order valence-electron chi connectivity index (χ1n) is 9.68. The smallest absolute Gasteiger partial charge is 0.254 e. The zero-order valence-corrected chi connectivity index (χ0v) is 16.7. The molecule has 4 aromatic rings. The van der Waals surface area contributed by atoms with Crippen LogP contribution in [0.4, 0.5) is 5.82 Å². The summed E-state index contributed by atoms with van der Waals surface area (Å²) >= 11 is 1.64. The molecule has 0 aliphatic carbocycles. The average molecular weight is 401 g/mol. The maximum atomic E-state index is 13.4. The van der Waals surface area contributed by atoms with Crippen molar-refractivity contribution < 1.29 is 4.79 Å². The molecule has 1 saturated heterocycles. The summed E-state index contributed by atoms with van der Waals surface area (Å²) in [5.41, 5.74) is 2.44. The number of hydrogen-bond acceptors (Lipinski definition) is 5. The van der Waals surface area contributed by atoms with E-state index in [1.165, 1.54) is 0 Å². The molecule has 3 aromatic heterocycles. The molecule has 0 N–H and O–H groups in total. The van der Waals surface area contributed by atoms with Crippen LogP contribution in [0.3, 0.4) is 0 Å². The molecule has 0 unspecified atom stereocenters. The number of pyridine rings is 2. The molecule has 29 heavy (non-hydrogen) atoms. The number of carbonyl (C=O) groups is 1. The van der Waals surface area contributed by atoms with Crippen LogP contribution in [-0.4, -0.2) is 47.0 Å². The summed E-state index contributed by atoms with van der Waals surface area (Å²) in [5.74, 6) is 1.04. The zero-order valence-electron chi connectivity index (χ0n) is 15.9. The van der Waals surface area contributed by atoms with Gasteiger partial charge in [0.1, 0.15) is 5.82 Å². The second-order valence-corrected chi connectivity index (χ2v) is 7.96. The fraction of sp³-hybridized carbons (Fsp3) is 0.174. The Kier molecular flexibility index (Phi) is 4.69. The molecule has 144 valence electrons. The van der Waals surface area contributed by atoms with Crippen molar-refractivity contribution in [1.82, 2.24) is 14.9 Å². The van der Waals surface area contributed by atoms with Crippen molar-refractivity contribution in [2.24, 2.45) is 0 Å². The molecule has 1 fully saturated rings. The van der Waals surface area contributed by atoms with E-state index in [-0.39, 0.29) is 5.91 Å². The van der Waals surface area contributed by atoms with Crippen molar-refractivity contribution >= 4 is 34.0 Å². The van der Waals surface area contributed by atoms with Gasteiger partial charge in [0.15, 0.2) is 0 Å². The van der Waals surface area contributed by atoms with E-state index < -0.39 is 0 Å². The summed E-state index contributed by atoms with van der Waals surface area (Å²) in [7, 11) is 0. The molecule has 0 spiro atoms. The lowest BCUT2D eigenvalue weighted by molar-refractivity contribution is 0.0748. The summed E-state index contributed by atoms with van der Waals surface area (Å²) in [6.45, 7) is 2.92. The average Bonchev–Trinajstić information content (AvgIpc) is 3.34. The number of fused-ring (bicyclic) bond motifs is 1. The topological polar surface area (TPSA) is 49.3 Å². The molecule has 1 amide bonds. The molecule has 6 heteroatoms. The number of benzene rings is 1. The third-order valence-electron chi connectivity index (χ3n) is 5.26. The van der Waals surface area contributed by atoms with Crippen molar-refractivity contribution in [3.8, 4) is 10.6 Å². The summed E-state index contributed by atoms with van der Waals surface area (Å²) in [6.07, 6.45) is 1.81. The van der Waals surface area contributed by atoms with Gasteiger partial charge in [-0.3, -0.25) is 4.79 Å². The van der Waals surface area contributed by atoms with Crippen LogP contribution in [0.2, 0.25) is 0 Å². The van der Waals surface area contributed by atoms with Gasteiger partial charge < -0.3 is 9.80 Å². The largest absolute Gasteiger partial charge is 0.353 e. The predicted octanol–water partition coefficient (Wildman–Crippen LogP) is 4.32. The van der Waals surface area contributed by atoms with Crippen LogP contribution in [0.1, 0.15) is 10.4 Å². The van der Waals surface area contributed by atoms with Crippen LogP contribution in [0.15, 0.2) is 72.2 Å². The van der Waals surface area contributed by atoms with Crippen LogP contribution in [0.25, 0.3) is 21.5 Å². The van der Waals surface area contributed by atoms with Gasteiger partial charge in [0.2, 0.25) is 0 Å². The van der Waals surface area contributed by atoms with E-state index in [2.05, 4.69) is 9.88 Å².